The first-order valence-electron chi connectivity index (χ1n) is 10.1. The van der Waals surface area contributed by atoms with Crippen LogP contribution in [-0.4, -0.2) is 31.7 Å². The highest BCUT2D eigenvalue weighted by Crippen LogP contribution is 2.22. The lowest BCUT2D eigenvalue weighted by molar-refractivity contribution is -0.118. The topological polar surface area (TPSA) is 89.0 Å². The Hall–Kier alpha value is -3.65. The Kier molecular flexibility index (Phi) is 8.21. The van der Waals surface area contributed by atoms with Crippen molar-refractivity contribution in [1.29, 1.82) is 0 Å². The van der Waals surface area contributed by atoms with Crippen molar-refractivity contribution < 1.29 is 19.1 Å². The highest BCUT2D eigenvalue weighted by molar-refractivity contribution is 9.10. The zero-order valence-corrected chi connectivity index (χ0v) is 20.1. The van der Waals surface area contributed by atoms with E-state index in [-0.39, 0.29) is 18.4 Å². The van der Waals surface area contributed by atoms with Crippen LogP contribution in [0.5, 0.6) is 11.5 Å². The van der Waals surface area contributed by atoms with Crippen LogP contribution in [0.4, 0.5) is 5.69 Å². The maximum Gasteiger partial charge on any atom is 0.271 e. The zero-order valence-electron chi connectivity index (χ0n) is 18.5. The normalized spacial score (nSPS) is 10.7. The molecule has 0 fully saturated rings. The molecule has 0 radical (unpaired) electrons. The highest BCUT2D eigenvalue weighted by Gasteiger charge is 2.10. The van der Waals surface area contributed by atoms with E-state index in [1.165, 1.54) is 13.3 Å². The molecular formula is C25H24BrN3O4. The number of halogens is 1. The fourth-order valence-electron chi connectivity index (χ4n) is 2.94. The average molecular weight is 510 g/mol. The number of benzene rings is 3. The van der Waals surface area contributed by atoms with Crippen LogP contribution in [0.1, 0.15) is 27.0 Å². The van der Waals surface area contributed by atoms with Gasteiger partial charge in [-0.15, -0.1) is 0 Å². The second-order valence-electron chi connectivity index (χ2n) is 7.27. The van der Waals surface area contributed by atoms with Gasteiger partial charge in [0.15, 0.2) is 6.61 Å². The number of methoxy groups -OCH3 is 1. The fraction of sp³-hybridized carbons (Fsp3) is 0.160. The van der Waals surface area contributed by atoms with Gasteiger partial charge in [-0.1, -0.05) is 34.1 Å². The second kappa shape index (κ2) is 11.3. The number of nitrogens with zero attached hydrogens (tertiary/aromatic N) is 1. The molecule has 3 aromatic rings. The van der Waals surface area contributed by atoms with Gasteiger partial charge in [0.1, 0.15) is 11.5 Å². The molecule has 170 valence electrons. The molecule has 2 amide bonds. The number of carbonyl (C=O) groups excluding carboxylic acids is 2. The molecule has 0 aromatic heterocycles. The number of anilines is 1. The molecule has 0 aliphatic carbocycles. The van der Waals surface area contributed by atoms with Crippen molar-refractivity contribution in [3.63, 3.8) is 0 Å². The smallest absolute Gasteiger partial charge is 0.271 e. The first-order chi connectivity index (χ1) is 15.9. The molecule has 33 heavy (non-hydrogen) atoms. The van der Waals surface area contributed by atoms with Crippen LogP contribution < -0.4 is 20.2 Å². The van der Waals surface area contributed by atoms with Crippen LogP contribution in [0.3, 0.4) is 0 Å². The minimum Gasteiger partial charge on any atom is -0.497 e. The lowest BCUT2D eigenvalue weighted by Gasteiger charge is -2.12. The monoisotopic (exact) mass is 509 g/mol. The van der Waals surface area contributed by atoms with Crippen LogP contribution in [0, 0.1) is 13.8 Å². The Morgan fingerprint density at radius 3 is 2.67 bits per heavy atom. The molecule has 7 nitrogen and oxygen atoms in total. The summed E-state index contributed by atoms with van der Waals surface area (Å²) in [4.78, 5) is 24.7. The van der Waals surface area contributed by atoms with E-state index in [1.54, 1.807) is 42.5 Å². The average Bonchev–Trinajstić information content (AvgIpc) is 2.81. The molecule has 0 atom stereocenters. The first-order valence-corrected chi connectivity index (χ1v) is 10.9. The predicted octanol–water partition coefficient (Wildman–Crippen LogP) is 4.86. The van der Waals surface area contributed by atoms with Crippen molar-refractivity contribution in [2.24, 2.45) is 5.10 Å². The fourth-order valence-corrected chi connectivity index (χ4v) is 3.32. The Balaban J connectivity index is 1.64. The summed E-state index contributed by atoms with van der Waals surface area (Å²) in [7, 11) is 1.53. The third-order valence-corrected chi connectivity index (χ3v) is 5.19. The molecule has 0 unspecified atom stereocenters. The maximum absolute atomic E-state index is 12.4. The Morgan fingerprint density at radius 2 is 1.88 bits per heavy atom. The lowest BCUT2D eigenvalue weighted by Crippen LogP contribution is -2.21. The summed E-state index contributed by atoms with van der Waals surface area (Å²) in [6, 6.07) is 17.9. The van der Waals surface area contributed by atoms with Crippen LogP contribution in [0.15, 0.2) is 70.2 Å². The Morgan fingerprint density at radius 1 is 1.06 bits per heavy atom. The number of hydrazone groups is 1. The van der Waals surface area contributed by atoms with Crippen molar-refractivity contribution >= 4 is 39.6 Å². The van der Waals surface area contributed by atoms with Crippen LogP contribution in [-0.2, 0) is 4.79 Å². The quantitative estimate of drug-likeness (QED) is 0.335. The number of aryl methyl sites for hydroxylation is 2. The molecule has 0 saturated carbocycles. The van der Waals surface area contributed by atoms with E-state index >= 15 is 0 Å². The van der Waals surface area contributed by atoms with Gasteiger partial charge in [0.05, 0.1) is 13.3 Å². The lowest BCUT2D eigenvalue weighted by atomic mass is 10.1. The minimum absolute atomic E-state index is 0.175. The number of nitrogens with one attached hydrogen (secondary N) is 2. The van der Waals surface area contributed by atoms with Crippen molar-refractivity contribution in [2.45, 2.75) is 13.8 Å². The Labute approximate surface area is 200 Å². The number of rotatable bonds is 8. The third-order valence-electron chi connectivity index (χ3n) is 4.70. The van der Waals surface area contributed by atoms with Gasteiger partial charge < -0.3 is 14.8 Å². The Bertz CT molecular complexity index is 1190. The molecule has 0 heterocycles. The van der Waals surface area contributed by atoms with Gasteiger partial charge in [0, 0.05) is 21.3 Å². The van der Waals surface area contributed by atoms with Crippen molar-refractivity contribution in [3.8, 4) is 11.5 Å². The van der Waals surface area contributed by atoms with Crippen molar-refractivity contribution in [2.75, 3.05) is 19.0 Å². The van der Waals surface area contributed by atoms with E-state index in [2.05, 4.69) is 31.8 Å². The van der Waals surface area contributed by atoms with Gasteiger partial charge in [-0.25, -0.2) is 5.43 Å². The summed E-state index contributed by atoms with van der Waals surface area (Å²) >= 11 is 3.41. The SMILES string of the molecule is COc1cccc(C(=O)N/N=C/c2cc(Br)ccc2OCC(=O)Nc2cc(C)ccc2C)c1. The molecule has 0 bridgehead atoms. The summed E-state index contributed by atoms with van der Waals surface area (Å²) in [5.41, 5.74) is 6.26. The number of amides is 2. The maximum atomic E-state index is 12.4. The van der Waals surface area contributed by atoms with Gasteiger partial charge in [-0.3, -0.25) is 9.59 Å². The summed E-state index contributed by atoms with van der Waals surface area (Å²) < 4.78 is 11.6. The van der Waals surface area contributed by atoms with Crippen LogP contribution in [0.2, 0.25) is 0 Å². The molecule has 3 aromatic carbocycles. The second-order valence-corrected chi connectivity index (χ2v) is 8.18. The molecule has 2 N–H and O–H groups in total. The largest absolute Gasteiger partial charge is 0.497 e. The van der Waals surface area contributed by atoms with Gasteiger partial charge >= 0.3 is 0 Å². The zero-order chi connectivity index (χ0) is 23.8. The minimum atomic E-state index is -0.379. The highest BCUT2D eigenvalue weighted by atomic mass is 79.9. The number of ether oxygens (including phenoxy) is 2. The molecule has 0 spiro atoms. The predicted molar refractivity (Wildman–Crippen MR) is 132 cm³/mol. The van der Waals surface area contributed by atoms with E-state index in [4.69, 9.17) is 9.47 Å². The van der Waals surface area contributed by atoms with E-state index in [1.807, 2.05) is 32.0 Å². The number of carbonyl (C=O) groups is 2. The van der Waals surface area contributed by atoms with E-state index in [9.17, 15) is 9.59 Å². The summed E-state index contributed by atoms with van der Waals surface area (Å²) in [6.45, 7) is 3.72. The number of hydrogen-bond donors (Lipinski definition) is 2. The molecule has 0 saturated heterocycles. The van der Waals surface area contributed by atoms with Gasteiger partial charge in [0.2, 0.25) is 0 Å². The summed E-state index contributed by atoms with van der Waals surface area (Å²) in [5.74, 6) is 0.374. The van der Waals surface area contributed by atoms with Gasteiger partial charge in [0.25, 0.3) is 11.8 Å². The summed E-state index contributed by atoms with van der Waals surface area (Å²) in [5, 5.41) is 6.89. The molecular weight excluding hydrogens is 486 g/mol. The van der Waals surface area contributed by atoms with E-state index in [0.717, 1.165) is 21.3 Å². The third kappa shape index (κ3) is 6.92. The van der Waals surface area contributed by atoms with Gasteiger partial charge in [-0.2, -0.15) is 5.10 Å². The van der Waals surface area contributed by atoms with E-state index in [0.29, 0.717) is 22.6 Å². The molecule has 0 aliphatic heterocycles. The van der Waals surface area contributed by atoms with Crippen molar-refractivity contribution in [3.05, 3.63) is 87.4 Å². The van der Waals surface area contributed by atoms with Gasteiger partial charge in [-0.05, 0) is 67.4 Å². The van der Waals surface area contributed by atoms with Crippen LogP contribution >= 0.6 is 15.9 Å². The molecule has 8 heteroatoms. The molecule has 0 aliphatic rings. The standard InChI is InChI=1S/C25H24BrN3O4/c1-16-7-8-17(2)22(11-16)28-24(30)15-33-23-10-9-20(26)12-19(23)14-27-29-25(31)18-5-4-6-21(13-18)32-3/h4-14H,15H2,1-3H3,(H,28,30)(H,29,31)/b27-14+. The first kappa shape index (κ1) is 24.0. The number of hydrogen-bond acceptors (Lipinski definition) is 5. The molecule has 3 rings (SSSR count). The summed E-state index contributed by atoms with van der Waals surface area (Å²) in [6.07, 6.45) is 1.46. The van der Waals surface area contributed by atoms with Crippen LogP contribution in [0.25, 0.3) is 0 Å². The van der Waals surface area contributed by atoms with E-state index < -0.39 is 0 Å². The van der Waals surface area contributed by atoms with Crippen molar-refractivity contribution in [1.82, 2.24) is 5.43 Å².